The average Bonchev–Trinajstić information content (AvgIpc) is 2.29. The maximum absolute atomic E-state index is 2.47. The maximum Gasteiger partial charge on any atom is -0.0323 e. The Kier molecular flexibility index (Phi) is 12.6. The largest absolute Gasteiger partial charge is 0.0856 e. The van der Waals surface area contributed by atoms with E-state index in [2.05, 4.69) is 26.8 Å². The molecule has 0 aromatic carbocycles. The Balaban J connectivity index is 3.26. The van der Waals surface area contributed by atoms with Crippen LogP contribution >= 0.6 is 0 Å². The molecule has 16 heavy (non-hydrogen) atoms. The van der Waals surface area contributed by atoms with Crippen molar-refractivity contribution in [3.05, 3.63) is 11.6 Å². The summed E-state index contributed by atoms with van der Waals surface area (Å²) in [5, 5.41) is 0. The third kappa shape index (κ3) is 11.8. The molecule has 0 saturated heterocycles. The highest BCUT2D eigenvalue weighted by atomic mass is 14.0. The van der Waals surface area contributed by atoms with Crippen LogP contribution in [0.25, 0.3) is 0 Å². The summed E-state index contributed by atoms with van der Waals surface area (Å²) in [5.41, 5.74) is 1.62. The highest BCUT2D eigenvalue weighted by molar-refractivity contribution is 4.97. The Bertz CT molecular complexity index is 155. The summed E-state index contributed by atoms with van der Waals surface area (Å²) in [6.45, 7) is 6.86. The highest BCUT2D eigenvalue weighted by Gasteiger charge is 1.92. The first kappa shape index (κ1) is 15.7. The number of hydrogen-bond acceptors (Lipinski definition) is 0. The van der Waals surface area contributed by atoms with Gasteiger partial charge in [0.1, 0.15) is 0 Å². The molecule has 96 valence electrons. The molecule has 0 radical (unpaired) electrons. The van der Waals surface area contributed by atoms with Crippen LogP contribution in [0.3, 0.4) is 0 Å². The molecule has 0 atom stereocenters. The molecule has 0 aliphatic heterocycles. The van der Waals surface area contributed by atoms with Crippen LogP contribution in [0.5, 0.6) is 0 Å². The molecule has 0 rings (SSSR count). The summed E-state index contributed by atoms with van der Waals surface area (Å²) in [6.07, 6.45) is 17.7. The average molecular weight is 224 g/mol. The first-order valence-electron chi connectivity index (χ1n) is 7.46. The summed E-state index contributed by atoms with van der Waals surface area (Å²) in [6, 6.07) is 0. The predicted molar refractivity (Wildman–Crippen MR) is 75.9 cm³/mol. The zero-order valence-corrected chi connectivity index (χ0v) is 11.9. The molecular weight excluding hydrogens is 192 g/mol. The van der Waals surface area contributed by atoms with Gasteiger partial charge in [-0.05, 0) is 32.6 Å². The SMILES string of the molecule is CCCCCCC/C=C(\C)CCCCCC. The molecule has 0 bridgehead atoms. The smallest absolute Gasteiger partial charge is 0.0323 e. The predicted octanol–water partition coefficient (Wildman–Crippen LogP) is 6.26. The van der Waals surface area contributed by atoms with Crippen molar-refractivity contribution in [2.45, 2.75) is 91.4 Å². The van der Waals surface area contributed by atoms with Gasteiger partial charge in [0.25, 0.3) is 0 Å². The molecule has 0 unspecified atom stereocenters. The van der Waals surface area contributed by atoms with Crippen molar-refractivity contribution in [1.29, 1.82) is 0 Å². The van der Waals surface area contributed by atoms with Gasteiger partial charge in [-0.3, -0.25) is 0 Å². The minimum Gasteiger partial charge on any atom is -0.0856 e. The van der Waals surface area contributed by atoms with E-state index in [0.717, 1.165) is 0 Å². The van der Waals surface area contributed by atoms with Crippen molar-refractivity contribution < 1.29 is 0 Å². The molecule has 0 heteroatoms. The van der Waals surface area contributed by atoms with Crippen LogP contribution in [-0.2, 0) is 0 Å². The second-order valence-corrected chi connectivity index (χ2v) is 5.06. The molecule has 0 spiro atoms. The molecule has 0 heterocycles. The third-order valence-electron chi connectivity index (χ3n) is 3.23. The second kappa shape index (κ2) is 12.8. The van der Waals surface area contributed by atoms with Gasteiger partial charge in [-0.25, -0.2) is 0 Å². The van der Waals surface area contributed by atoms with Crippen LogP contribution in [0.15, 0.2) is 11.6 Å². The third-order valence-corrected chi connectivity index (χ3v) is 3.23. The van der Waals surface area contributed by atoms with E-state index in [1.165, 1.54) is 70.6 Å². The molecule has 0 amide bonds. The summed E-state index contributed by atoms with van der Waals surface area (Å²) in [5.74, 6) is 0. The molecule has 0 aliphatic rings. The number of allylic oxidation sites excluding steroid dienone is 2. The van der Waals surface area contributed by atoms with Crippen molar-refractivity contribution >= 4 is 0 Å². The van der Waals surface area contributed by atoms with Crippen LogP contribution in [0, 0.1) is 0 Å². The van der Waals surface area contributed by atoms with Crippen LogP contribution in [0.1, 0.15) is 91.4 Å². The molecule has 0 aromatic heterocycles. The van der Waals surface area contributed by atoms with Crippen LogP contribution in [-0.4, -0.2) is 0 Å². The molecule has 0 fully saturated rings. The first-order valence-corrected chi connectivity index (χ1v) is 7.46. The van der Waals surface area contributed by atoms with Crippen molar-refractivity contribution in [3.63, 3.8) is 0 Å². The standard InChI is InChI=1S/C16H32/c1-4-6-8-10-11-13-15-16(3)14-12-9-7-5-2/h15H,4-14H2,1-3H3/b16-15+. The van der Waals surface area contributed by atoms with Gasteiger partial charge in [0.05, 0.1) is 0 Å². The van der Waals surface area contributed by atoms with Crippen molar-refractivity contribution in [2.75, 3.05) is 0 Å². The van der Waals surface area contributed by atoms with E-state index in [1.807, 2.05) is 0 Å². The topological polar surface area (TPSA) is 0 Å². The fourth-order valence-electron chi connectivity index (χ4n) is 2.03. The Morgan fingerprint density at radius 3 is 1.94 bits per heavy atom. The van der Waals surface area contributed by atoms with Gasteiger partial charge in [-0.2, -0.15) is 0 Å². The van der Waals surface area contributed by atoms with Gasteiger partial charge < -0.3 is 0 Å². The van der Waals surface area contributed by atoms with E-state index >= 15 is 0 Å². The second-order valence-electron chi connectivity index (χ2n) is 5.06. The van der Waals surface area contributed by atoms with Gasteiger partial charge in [0.2, 0.25) is 0 Å². The molecule has 0 aliphatic carbocycles. The minimum absolute atomic E-state index is 1.31. The van der Waals surface area contributed by atoms with Crippen molar-refractivity contribution in [1.82, 2.24) is 0 Å². The van der Waals surface area contributed by atoms with Crippen LogP contribution in [0.2, 0.25) is 0 Å². The fraction of sp³-hybridized carbons (Fsp3) is 0.875. The van der Waals surface area contributed by atoms with E-state index in [9.17, 15) is 0 Å². The Hall–Kier alpha value is -0.260. The molecule has 0 nitrogen and oxygen atoms in total. The molecule has 0 saturated carbocycles. The monoisotopic (exact) mass is 224 g/mol. The highest BCUT2D eigenvalue weighted by Crippen LogP contribution is 2.12. The van der Waals surface area contributed by atoms with Gasteiger partial charge in [-0.1, -0.05) is 70.4 Å². The number of hydrogen-bond donors (Lipinski definition) is 0. The summed E-state index contributed by atoms with van der Waals surface area (Å²) < 4.78 is 0. The number of unbranched alkanes of at least 4 members (excludes halogenated alkanes) is 8. The summed E-state index contributed by atoms with van der Waals surface area (Å²) >= 11 is 0. The Morgan fingerprint density at radius 1 is 0.750 bits per heavy atom. The lowest BCUT2D eigenvalue weighted by Gasteiger charge is -2.02. The van der Waals surface area contributed by atoms with Crippen LogP contribution in [0.4, 0.5) is 0 Å². The molecular formula is C16H32. The zero-order valence-electron chi connectivity index (χ0n) is 11.9. The van der Waals surface area contributed by atoms with E-state index < -0.39 is 0 Å². The van der Waals surface area contributed by atoms with E-state index in [-0.39, 0.29) is 0 Å². The van der Waals surface area contributed by atoms with Gasteiger partial charge in [0.15, 0.2) is 0 Å². The van der Waals surface area contributed by atoms with Gasteiger partial charge >= 0.3 is 0 Å². The quantitative estimate of drug-likeness (QED) is 0.287. The first-order chi connectivity index (χ1) is 7.81. The van der Waals surface area contributed by atoms with Gasteiger partial charge in [-0.15, -0.1) is 0 Å². The van der Waals surface area contributed by atoms with Crippen molar-refractivity contribution in [2.24, 2.45) is 0 Å². The van der Waals surface area contributed by atoms with E-state index in [0.29, 0.717) is 0 Å². The Morgan fingerprint density at radius 2 is 1.31 bits per heavy atom. The van der Waals surface area contributed by atoms with Crippen molar-refractivity contribution in [3.8, 4) is 0 Å². The van der Waals surface area contributed by atoms with Crippen LogP contribution < -0.4 is 0 Å². The minimum atomic E-state index is 1.31. The van der Waals surface area contributed by atoms with E-state index in [1.54, 1.807) is 5.57 Å². The summed E-state index contributed by atoms with van der Waals surface area (Å²) in [7, 11) is 0. The fourth-order valence-corrected chi connectivity index (χ4v) is 2.03. The summed E-state index contributed by atoms with van der Waals surface area (Å²) in [4.78, 5) is 0. The lowest BCUT2D eigenvalue weighted by atomic mass is 10.1. The Labute approximate surface area is 104 Å². The zero-order chi connectivity index (χ0) is 12.1. The maximum atomic E-state index is 2.47. The lowest BCUT2D eigenvalue weighted by Crippen LogP contribution is -1.81. The molecule has 0 aromatic rings. The number of rotatable bonds is 11. The molecule has 0 N–H and O–H groups in total. The normalized spacial score (nSPS) is 12.1. The lowest BCUT2D eigenvalue weighted by molar-refractivity contribution is 0.633. The van der Waals surface area contributed by atoms with Gasteiger partial charge in [0, 0.05) is 0 Å². The van der Waals surface area contributed by atoms with E-state index in [4.69, 9.17) is 0 Å².